The van der Waals surface area contributed by atoms with E-state index in [1.165, 1.54) is 0 Å². The molecule has 28 heavy (non-hydrogen) atoms. The van der Waals surface area contributed by atoms with Crippen molar-refractivity contribution in [1.29, 1.82) is 0 Å². The Bertz CT molecular complexity index is 83.6. The van der Waals surface area contributed by atoms with Crippen molar-refractivity contribution in [2.45, 2.75) is 0 Å². The molecule has 0 rings (SSSR count). The first-order chi connectivity index (χ1) is 12.0. The largest absolute Gasteiger partial charge is 3.00 e. The van der Waals surface area contributed by atoms with Crippen LogP contribution in [0.25, 0.3) is 0 Å². The van der Waals surface area contributed by atoms with E-state index in [2.05, 4.69) is 81.5 Å². The van der Waals surface area contributed by atoms with Crippen LogP contribution in [0.3, 0.4) is 0 Å². The van der Waals surface area contributed by atoms with Crippen LogP contribution in [0.15, 0.2) is 0 Å². The van der Waals surface area contributed by atoms with Crippen molar-refractivity contribution in [3.05, 3.63) is 0 Å². The maximum absolute atomic E-state index is 7.75. The molecule has 16 heteroatoms. The van der Waals surface area contributed by atoms with Crippen LogP contribution in [-0.4, -0.2) is 81.5 Å². The molecule has 0 bridgehead atoms. The monoisotopic (exact) mass is 1120 g/mol. The van der Waals surface area contributed by atoms with Crippen LogP contribution < -0.4 is 0 Å². The van der Waals surface area contributed by atoms with Crippen molar-refractivity contribution < 1.29 is 138 Å². The SMILES string of the molecule is [CH]=O.[CH]=O.[CH]=O.[CH]=O.[CH]=O.[CH]=O.[CH]=O.[CH]=O.[CH]=O.[CH]=O.[CH]=O.[CH]=O.[Ir+3].[Ir+3].[Ir+3].[Ir+3]. The first-order valence-electron chi connectivity index (χ1n) is 2.83. The molecule has 0 aliphatic rings. The second-order valence-corrected chi connectivity index (χ2v) is 0. The van der Waals surface area contributed by atoms with Crippen LogP contribution in [0.1, 0.15) is 0 Å². The molecule has 0 unspecified atom stereocenters. The first kappa shape index (κ1) is 155. The van der Waals surface area contributed by atoms with Gasteiger partial charge in [-0.25, -0.2) is 0 Å². The fraction of sp³-hybridized carbons (Fsp3) is 0. The summed E-state index contributed by atoms with van der Waals surface area (Å²) in [6.45, 7) is 39.0. The summed E-state index contributed by atoms with van der Waals surface area (Å²) in [5, 5.41) is 0. The Morgan fingerprint density at radius 1 is 0.143 bits per heavy atom. The molecular weight excluding hydrogens is 1100 g/mol. The quantitative estimate of drug-likeness (QED) is 0.219. The maximum atomic E-state index is 7.75. The van der Waals surface area contributed by atoms with Gasteiger partial charge in [0.1, 0.15) is 0 Å². The van der Waals surface area contributed by atoms with Crippen LogP contribution >= 0.6 is 0 Å². The average molecular weight is 1120 g/mol. The summed E-state index contributed by atoms with van der Waals surface area (Å²) in [7, 11) is 0. The van der Waals surface area contributed by atoms with Crippen LogP contribution in [-0.2, 0) is 138 Å². The van der Waals surface area contributed by atoms with E-state index < -0.39 is 0 Å². The summed E-state index contributed by atoms with van der Waals surface area (Å²) in [6.07, 6.45) is 0. The van der Waals surface area contributed by atoms with E-state index in [1.807, 2.05) is 0 Å². The summed E-state index contributed by atoms with van der Waals surface area (Å²) >= 11 is 0. The second kappa shape index (κ2) is 8380. The van der Waals surface area contributed by atoms with E-state index in [0.29, 0.717) is 0 Å². The Labute approximate surface area is 218 Å². The molecule has 0 aromatic carbocycles. The zero-order valence-corrected chi connectivity index (χ0v) is 22.7. The van der Waals surface area contributed by atoms with Gasteiger partial charge in [0, 0.05) is 0 Å². The average Bonchev–Trinajstić information content (AvgIpc) is 2.84. The molecule has 12 radical (unpaired) electrons. The number of rotatable bonds is 0. The van der Waals surface area contributed by atoms with Gasteiger partial charge >= 0.3 is 80.4 Å². The molecule has 0 aliphatic heterocycles. The molecule has 0 atom stereocenters. The van der Waals surface area contributed by atoms with Crippen molar-refractivity contribution in [2.24, 2.45) is 0 Å². The third-order valence-corrected chi connectivity index (χ3v) is 0. The van der Waals surface area contributed by atoms with Crippen LogP contribution in [0.4, 0.5) is 0 Å². The van der Waals surface area contributed by atoms with Crippen molar-refractivity contribution in [1.82, 2.24) is 0 Å². The van der Waals surface area contributed by atoms with Crippen molar-refractivity contribution >= 4 is 81.5 Å². The fourth-order valence-electron chi connectivity index (χ4n) is 0. The zero-order chi connectivity index (χ0) is 24.0. The van der Waals surface area contributed by atoms with Gasteiger partial charge in [0.05, 0.1) is 0 Å². The predicted molar refractivity (Wildman–Crippen MR) is 81.0 cm³/mol. The molecular formula is C12H12Ir4O12+12. The smallest absolute Gasteiger partial charge is 0.295 e. The molecule has 0 saturated heterocycles. The molecule has 0 amide bonds. The van der Waals surface area contributed by atoms with Crippen LogP contribution in [0, 0.1) is 0 Å². The molecule has 0 saturated carbocycles. The van der Waals surface area contributed by atoms with Crippen molar-refractivity contribution in [3.63, 3.8) is 0 Å². The minimum atomic E-state index is 0. The van der Waals surface area contributed by atoms with Crippen molar-refractivity contribution in [3.8, 4) is 0 Å². The molecule has 0 aliphatic carbocycles. The van der Waals surface area contributed by atoms with E-state index in [0.717, 1.165) is 0 Å². The summed E-state index contributed by atoms with van der Waals surface area (Å²) in [4.78, 5) is 93.0. The Kier molecular flexibility index (Phi) is 46300. The molecule has 0 fully saturated rings. The van der Waals surface area contributed by atoms with Crippen LogP contribution in [0.5, 0.6) is 0 Å². The fourth-order valence-corrected chi connectivity index (χ4v) is 0. The maximum Gasteiger partial charge on any atom is 3.00 e. The number of hydrogen-bond acceptors (Lipinski definition) is 12. The minimum absolute atomic E-state index is 0. The number of carbonyl (C=O) groups excluding carboxylic acids is 12. The van der Waals surface area contributed by atoms with Gasteiger partial charge in [0.25, 0.3) is 0 Å². The van der Waals surface area contributed by atoms with Gasteiger partial charge in [0.15, 0.2) is 81.5 Å². The van der Waals surface area contributed by atoms with E-state index in [-0.39, 0.29) is 80.4 Å². The molecule has 0 heterocycles. The van der Waals surface area contributed by atoms with Gasteiger partial charge in [0.2, 0.25) is 0 Å². The predicted octanol–water partition coefficient (Wildman–Crippen LogP) is -3.30. The summed E-state index contributed by atoms with van der Waals surface area (Å²) in [5.74, 6) is 0. The molecule has 0 spiro atoms. The second-order valence-electron chi connectivity index (χ2n) is 0. The summed E-state index contributed by atoms with van der Waals surface area (Å²) < 4.78 is 0. The Hall–Kier alpha value is -1.36. The van der Waals surface area contributed by atoms with Gasteiger partial charge in [-0.1, -0.05) is 0 Å². The third-order valence-electron chi connectivity index (χ3n) is 0. The van der Waals surface area contributed by atoms with Gasteiger partial charge in [-0.2, -0.15) is 0 Å². The Morgan fingerprint density at radius 2 is 0.143 bits per heavy atom. The van der Waals surface area contributed by atoms with Crippen molar-refractivity contribution in [2.75, 3.05) is 0 Å². The summed E-state index contributed by atoms with van der Waals surface area (Å²) in [6, 6.07) is 0. The van der Waals surface area contributed by atoms with Gasteiger partial charge in [-0.15, -0.1) is 0 Å². The standard InChI is InChI=1S/12CHO.4Ir/c12*1-2;;;;/h12*1H;;;;/q;;;;;;;;;;;;4*+3. The van der Waals surface area contributed by atoms with E-state index in [1.54, 1.807) is 0 Å². The van der Waals surface area contributed by atoms with Gasteiger partial charge in [-0.3, -0.25) is 57.5 Å². The molecule has 0 aromatic rings. The Balaban J connectivity index is -0.00000000396. The number of hydrogen-bond donors (Lipinski definition) is 0. The minimum Gasteiger partial charge on any atom is -0.295 e. The van der Waals surface area contributed by atoms with E-state index >= 15 is 0 Å². The topological polar surface area (TPSA) is 205 Å². The molecule has 0 N–H and O–H groups in total. The molecule has 12 nitrogen and oxygen atoms in total. The van der Waals surface area contributed by atoms with E-state index in [9.17, 15) is 0 Å². The third kappa shape index (κ3) is 7410. The summed E-state index contributed by atoms with van der Waals surface area (Å²) in [5.41, 5.74) is 0. The van der Waals surface area contributed by atoms with Gasteiger partial charge in [-0.05, 0) is 0 Å². The molecule has 0 aromatic heterocycles. The van der Waals surface area contributed by atoms with Gasteiger partial charge < -0.3 is 0 Å². The normalized spacial score (nSPS) is 1.71. The van der Waals surface area contributed by atoms with E-state index in [4.69, 9.17) is 57.5 Å². The van der Waals surface area contributed by atoms with Crippen LogP contribution in [0.2, 0.25) is 0 Å². The Morgan fingerprint density at radius 3 is 0.143 bits per heavy atom. The zero-order valence-electron chi connectivity index (χ0n) is 13.2. The first-order valence-corrected chi connectivity index (χ1v) is 2.83. The molecule has 156 valence electrons.